The van der Waals surface area contributed by atoms with E-state index in [0.717, 1.165) is 44.3 Å². The van der Waals surface area contributed by atoms with Gasteiger partial charge >= 0.3 is 6.01 Å². The quantitative estimate of drug-likeness (QED) is 0.308. The molecule has 3 aromatic heterocycles. The summed E-state index contributed by atoms with van der Waals surface area (Å²) in [7, 11) is 0. The SMILES string of the molecule is O=C1CCCCc2c(Cl)cc3[nH]ncc3c2-c2ncc3c(nc(OC[C@@]45CCCN4C[C@H](F)C5)nc3c2F)N2CC[C@@H]3CCN1[C@@H]3C2. The van der Waals surface area contributed by atoms with Crippen LogP contribution in [0.1, 0.15) is 56.9 Å². The number of amides is 1. The van der Waals surface area contributed by atoms with Crippen LogP contribution < -0.4 is 9.64 Å². The van der Waals surface area contributed by atoms with Gasteiger partial charge in [0.15, 0.2) is 5.82 Å². The van der Waals surface area contributed by atoms with Crippen molar-refractivity contribution < 1.29 is 18.3 Å². The van der Waals surface area contributed by atoms with E-state index in [-0.39, 0.29) is 35.8 Å². The van der Waals surface area contributed by atoms with E-state index in [2.05, 4.69) is 29.9 Å². The van der Waals surface area contributed by atoms with Crippen LogP contribution in [0.4, 0.5) is 14.6 Å². The highest BCUT2D eigenvalue weighted by molar-refractivity contribution is 6.33. The van der Waals surface area contributed by atoms with Crippen molar-refractivity contribution in [3.63, 3.8) is 0 Å². The minimum atomic E-state index is -0.894. The van der Waals surface area contributed by atoms with E-state index < -0.39 is 17.5 Å². The zero-order chi connectivity index (χ0) is 31.9. The van der Waals surface area contributed by atoms with Crippen LogP contribution in [0.15, 0.2) is 18.5 Å². The van der Waals surface area contributed by atoms with E-state index in [4.69, 9.17) is 26.3 Å². The molecule has 0 radical (unpaired) electrons. The zero-order valence-electron chi connectivity index (χ0n) is 26.2. The molecule has 0 spiro atoms. The minimum Gasteiger partial charge on any atom is -0.461 e. The largest absolute Gasteiger partial charge is 0.461 e. The Kier molecular flexibility index (Phi) is 7.04. The molecule has 4 fully saturated rings. The van der Waals surface area contributed by atoms with Crippen molar-refractivity contribution in [2.24, 2.45) is 5.92 Å². The first-order chi connectivity index (χ1) is 22.9. The smallest absolute Gasteiger partial charge is 0.319 e. The molecule has 9 heterocycles. The number of benzene rings is 1. The van der Waals surface area contributed by atoms with E-state index >= 15 is 4.39 Å². The third kappa shape index (κ3) is 4.76. The third-order valence-corrected chi connectivity index (χ3v) is 11.8. The van der Waals surface area contributed by atoms with Crippen molar-refractivity contribution >= 4 is 45.1 Å². The van der Waals surface area contributed by atoms with Gasteiger partial charge in [0.05, 0.1) is 28.7 Å². The summed E-state index contributed by atoms with van der Waals surface area (Å²) in [6.45, 7) is 3.55. The van der Waals surface area contributed by atoms with Gasteiger partial charge in [-0.2, -0.15) is 15.1 Å². The van der Waals surface area contributed by atoms with Crippen molar-refractivity contribution in [3.8, 4) is 17.3 Å². The highest BCUT2D eigenvalue weighted by Gasteiger charge is 2.49. The first kappa shape index (κ1) is 29.5. The lowest BCUT2D eigenvalue weighted by molar-refractivity contribution is -0.132. The van der Waals surface area contributed by atoms with Crippen LogP contribution in [0, 0.1) is 11.7 Å². The zero-order valence-corrected chi connectivity index (χ0v) is 26.9. The summed E-state index contributed by atoms with van der Waals surface area (Å²) in [5.41, 5.74) is 1.86. The van der Waals surface area contributed by atoms with Gasteiger partial charge in [-0.3, -0.25) is 19.8 Å². The molecule has 4 atom stereocenters. The molecule has 1 amide bonds. The Labute approximate surface area is 275 Å². The molecule has 0 unspecified atom stereocenters. The molecule has 6 aliphatic rings. The number of carbonyl (C=O) groups excluding carboxylic acids is 1. The summed E-state index contributed by atoms with van der Waals surface area (Å²) in [6.07, 6.45) is 8.99. The number of piperidine rings is 1. The van der Waals surface area contributed by atoms with Crippen LogP contribution in [0.25, 0.3) is 33.1 Å². The number of halogens is 3. The second-order valence-corrected chi connectivity index (χ2v) is 14.5. The Morgan fingerprint density at radius 3 is 2.85 bits per heavy atom. The van der Waals surface area contributed by atoms with Crippen molar-refractivity contribution in [2.45, 2.75) is 75.5 Å². The van der Waals surface area contributed by atoms with Gasteiger partial charge in [-0.1, -0.05) is 11.6 Å². The van der Waals surface area contributed by atoms with Gasteiger partial charge in [0.1, 0.15) is 29.8 Å². The molecule has 246 valence electrons. The molecule has 1 N–H and O–H groups in total. The monoisotopic (exact) mass is 662 g/mol. The fraction of sp³-hybridized carbons (Fsp3) is 0.559. The summed E-state index contributed by atoms with van der Waals surface area (Å²) < 4.78 is 38.0. The Hall–Kier alpha value is -3.64. The van der Waals surface area contributed by atoms with Gasteiger partial charge in [-0.25, -0.2) is 8.78 Å². The molecular weight excluding hydrogens is 626 g/mol. The molecule has 0 saturated carbocycles. The first-order valence-corrected chi connectivity index (χ1v) is 17.3. The first-order valence-electron chi connectivity index (χ1n) is 17.0. The predicted molar refractivity (Wildman–Crippen MR) is 174 cm³/mol. The van der Waals surface area contributed by atoms with Crippen LogP contribution in [-0.2, 0) is 11.2 Å². The molecule has 6 bridgehead atoms. The van der Waals surface area contributed by atoms with Gasteiger partial charge in [0.25, 0.3) is 0 Å². The van der Waals surface area contributed by atoms with Crippen LogP contribution in [0.5, 0.6) is 6.01 Å². The van der Waals surface area contributed by atoms with E-state index in [1.807, 2.05) is 6.07 Å². The van der Waals surface area contributed by atoms with Crippen LogP contribution in [-0.4, -0.2) is 97.9 Å². The Morgan fingerprint density at radius 2 is 1.94 bits per heavy atom. The number of H-pyrrole nitrogens is 1. The predicted octanol–water partition coefficient (Wildman–Crippen LogP) is 5.47. The number of hydrogen-bond acceptors (Lipinski definition) is 8. The Morgan fingerprint density at radius 1 is 1.06 bits per heavy atom. The number of alkyl halides is 1. The van der Waals surface area contributed by atoms with Crippen LogP contribution in [0.2, 0.25) is 5.02 Å². The van der Waals surface area contributed by atoms with E-state index in [1.54, 1.807) is 12.4 Å². The molecule has 1 aromatic carbocycles. The summed E-state index contributed by atoms with van der Waals surface area (Å²) in [5.74, 6) is 0.570. The average Bonchev–Trinajstić information content (AvgIpc) is 3.85. The number of nitrogens with zero attached hydrogens (tertiary/aromatic N) is 7. The second kappa shape index (κ2) is 11.2. The molecule has 4 aromatic rings. The number of carbonyl (C=O) groups is 1. The molecule has 10 rings (SSSR count). The molecule has 10 nitrogen and oxygen atoms in total. The van der Waals surface area contributed by atoms with Gasteiger partial charge in [-0.15, -0.1) is 0 Å². The molecule has 4 saturated heterocycles. The van der Waals surface area contributed by atoms with E-state index in [0.29, 0.717) is 90.3 Å². The summed E-state index contributed by atoms with van der Waals surface area (Å²) in [6, 6.07) is 1.94. The minimum absolute atomic E-state index is 0.0612. The number of pyridine rings is 1. The second-order valence-electron chi connectivity index (χ2n) is 14.1. The van der Waals surface area contributed by atoms with Gasteiger partial charge < -0.3 is 14.5 Å². The standard InChI is InChI=1S/C34H37ClF2N8O2/c35-24-12-25-22(15-39-42-25)28-21(24)4-1-2-5-27(46)45-11-7-19-6-10-43(17-26(19)45)32-23-14-38-31(28)29(37)30(23)40-33(41-32)47-18-34-8-3-9-44(34)16-20(36)13-34/h12,14-15,19-20,26H,1-11,13,16-18H2,(H,39,42)/t19-,20-,26-,34+/m1/s1. The normalized spacial score (nSPS) is 27.8. The highest BCUT2D eigenvalue weighted by Crippen LogP contribution is 2.43. The van der Waals surface area contributed by atoms with Gasteiger partial charge in [-0.05, 0) is 69.0 Å². The highest BCUT2D eigenvalue weighted by atomic mass is 35.5. The van der Waals surface area contributed by atoms with Crippen molar-refractivity contribution in [3.05, 3.63) is 34.9 Å². The Bertz CT molecular complexity index is 1910. The van der Waals surface area contributed by atoms with Crippen LogP contribution in [0.3, 0.4) is 0 Å². The molecule has 13 heteroatoms. The lowest BCUT2D eigenvalue weighted by atomic mass is 9.91. The van der Waals surface area contributed by atoms with Gasteiger partial charge in [0.2, 0.25) is 5.91 Å². The fourth-order valence-electron chi connectivity index (χ4n) is 9.13. The molecular formula is C34H37ClF2N8O2. The third-order valence-electron chi connectivity index (χ3n) is 11.5. The number of hydrogen-bond donors (Lipinski definition) is 1. The number of aromatic amines is 1. The number of aromatic nitrogens is 5. The molecule has 0 aliphatic carbocycles. The summed E-state index contributed by atoms with van der Waals surface area (Å²) in [4.78, 5) is 34.3. The van der Waals surface area contributed by atoms with Crippen LogP contribution >= 0.6 is 11.6 Å². The summed E-state index contributed by atoms with van der Waals surface area (Å²) in [5, 5.41) is 8.87. The van der Waals surface area contributed by atoms with E-state index in [1.165, 1.54) is 0 Å². The van der Waals surface area contributed by atoms with Crippen molar-refractivity contribution in [1.29, 1.82) is 0 Å². The summed E-state index contributed by atoms with van der Waals surface area (Å²) >= 11 is 6.85. The number of rotatable bonds is 3. The molecule has 6 aliphatic heterocycles. The van der Waals surface area contributed by atoms with Gasteiger partial charge in [0, 0.05) is 61.2 Å². The lowest BCUT2D eigenvalue weighted by Crippen LogP contribution is -2.50. The maximum atomic E-state index is 17.1. The van der Waals surface area contributed by atoms with Crippen molar-refractivity contribution in [2.75, 3.05) is 44.2 Å². The van der Waals surface area contributed by atoms with Crippen molar-refractivity contribution in [1.82, 2.24) is 34.9 Å². The number of anilines is 1. The topological polar surface area (TPSA) is 103 Å². The average molecular weight is 663 g/mol. The number of fused-ring (bicyclic) bond motifs is 7. The maximum absolute atomic E-state index is 17.1. The lowest BCUT2D eigenvalue weighted by Gasteiger charge is -2.39. The maximum Gasteiger partial charge on any atom is 0.319 e. The Balaban J connectivity index is 1.21. The number of nitrogens with one attached hydrogen (secondary N) is 1. The fourth-order valence-corrected chi connectivity index (χ4v) is 9.43. The van der Waals surface area contributed by atoms with E-state index in [9.17, 15) is 9.18 Å². The number of ether oxygens (including phenoxy) is 1. The molecule has 47 heavy (non-hydrogen) atoms.